The van der Waals surface area contributed by atoms with E-state index in [1.54, 1.807) is 0 Å². The molecule has 2 aromatic rings. The van der Waals surface area contributed by atoms with E-state index in [1.165, 1.54) is 18.4 Å². The van der Waals surface area contributed by atoms with E-state index in [0.29, 0.717) is 5.92 Å². The van der Waals surface area contributed by atoms with Crippen LogP contribution in [-0.4, -0.2) is 29.7 Å². The Morgan fingerprint density at radius 2 is 1.57 bits per heavy atom. The molecule has 1 fully saturated rings. The van der Waals surface area contributed by atoms with Gasteiger partial charge in [-0.2, -0.15) is 0 Å². The maximum Gasteiger partial charge on any atom is 0.119 e. The van der Waals surface area contributed by atoms with Gasteiger partial charge in [0.15, 0.2) is 0 Å². The number of hydrogen-bond acceptors (Lipinski definition) is 3. The molecule has 0 radical (unpaired) electrons. The highest BCUT2D eigenvalue weighted by Crippen LogP contribution is 2.21. The van der Waals surface area contributed by atoms with E-state index in [2.05, 4.69) is 17.0 Å². The van der Waals surface area contributed by atoms with Crippen molar-refractivity contribution in [1.82, 2.24) is 4.90 Å². The Balaban J connectivity index is 1.41. The van der Waals surface area contributed by atoms with Crippen LogP contribution in [-0.2, 0) is 13.2 Å². The van der Waals surface area contributed by atoms with Gasteiger partial charge in [0, 0.05) is 6.54 Å². The van der Waals surface area contributed by atoms with Crippen molar-refractivity contribution in [3.05, 3.63) is 65.7 Å². The van der Waals surface area contributed by atoms with E-state index < -0.39 is 0 Å². The Bertz CT molecular complexity index is 574. The molecule has 1 aliphatic rings. The summed E-state index contributed by atoms with van der Waals surface area (Å²) in [6, 6.07) is 18.3. The molecule has 2 aromatic carbocycles. The van der Waals surface area contributed by atoms with Gasteiger partial charge in [0.25, 0.3) is 0 Å². The molecule has 23 heavy (non-hydrogen) atoms. The fourth-order valence-corrected chi connectivity index (χ4v) is 3.05. The van der Waals surface area contributed by atoms with E-state index in [4.69, 9.17) is 9.84 Å². The van der Waals surface area contributed by atoms with Crippen LogP contribution < -0.4 is 4.74 Å². The second kappa shape index (κ2) is 8.14. The summed E-state index contributed by atoms with van der Waals surface area (Å²) in [7, 11) is 0. The Labute approximate surface area is 138 Å². The number of likely N-dealkylation sites (tertiary alicyclic amines) is 1. The van der Waals surface area contributed by atoms with Gasteiger partial charge in [-0.05, 0) is 55.1 Å². The van der Waals surface area contributed by atoms with E-state index >= 15 is 0 Å². The Morgan fingerprint density at radius 1 is 0.913 bits per heavy atom. The lowest BCUT2D eigenvalue weighted by Gasteiger charge is -2.31. The van der Waals surface area contributed by atoms with Gasteiger partial charge in [0.05, 0.1) is 13.2 Å². The summed E-state index contributed by atoms with van der Waals surface area (Å²) >= 11 is 0. The minimum Gasteiger partial charge on any atom is -0.493 e. The molecule has 1 N–H and O–H groups in total. The van der Waals surface area contributed by atoms with Crippen molar-refractivity contribution in [3.63, 3.8) is 0 Å². The highest BCUT2D eigenvalue weighted by Gasteiger charge is 2.19. The molecule has 1 aliphatic heterocycles. The molecule has 0 bridgehead atoms. The number of rotatable bonds is 6. The number of hydrogen-bond donors (Lipinski definition) is 1. The number of nitrogens with zero attached hydrogens (tertiary/aromatic N) is 1. The van der Waals surface area contributed by atoms with E-state index in [1.807, 2.05) is 42.5 Å². The van der Waals surface area contributed by atoms with Crippen molar-refractivity contribution < 1.29 is 9.84 Å². The number of aliphatic hydroxyl groups excluding tert-OH is 1. The normalized spacial score (nSPS) is 16.4. The first-order chi connectivity index (χ1) is 11.3. The molecule has 0 spiro atoms. The lowest BCUT2D eigenvalue weighted by Crippen LogP contribution is -2.35. The summed E-state index contributed by atoms with van der Waals surface area (Å²) in [4.78, 5) is 2.51. The van der Waals surface area contributed by atoms with Crippen LogP contribution in [0.2, 0.25) is 0 Å². The highest BCUT2D eigenvalue weighted by molar-refractivity contribution is 5.22. The third-order valence-electron chi connectivity index (χ3n) is 4.55. The van der Waals surface area contributed by atoms with Gasteiger partial charge in [-0.3, -0.25) is 4.90 Å². The minimum absolute atomic E-state index is 0.118. The molecule has 122 valence electrons. The maximum atomic E-state index is 9.09. The molecule has 0 aromatic heterocycles. The number of ether oxygens (including phenoxy) is 1. The topological polar surface area (TPSA) is 32.7 Å². The standard InChI is InChI=1S/C20H25NO2/c22-15-18-8-6-17(7-9-18)14-21-12-10-19(11-13-21)16-23-20-4-2-1-3-5-20/h1-9,19,22H,10-16H2. The van der Waals surface area contributed by atoms with Crippen LogP contribution in [0.15, 0.2) is 54.6 Å². The predicted octanol–water partition coefficient (Wildman–Crippen LogP) is 3.47. The third kappa shape index (κ3) is 4.81. The van der Waals surface area contributed by atoms with E-state index in [9.17, 15) is 0 Å². The van der Waals surface area contributed by atoms with Crippen LogP contribution in [0.1, 0.15) is 24.0 Å². The number of aliphatic hydroxyl groups is 1. The van der Waals surface area contributed by atoms with Crippen molar-refractivity contribution in [2.75, 3.05) is 19.7 Å². The van der Waals surface area contributed by atoms with Gasteiger partial charge < -0.3 is 9.84 Å². The van der Waals surface area contributed by atoms with E-state index in [0.717, 1.165) is 37.6 Å². The molecule has 0 atom stereocenters. The molecule has 0 amide bonds. The minimum atomic E-state index is 0.118. The number of benzene rings is 2. The predicted molar refractivity (Wildman–Crippen MR) is 92.3 cm³/mol. The van der Waals surface area contributed by atoms with Crippen LogP contribution in [0.4, 0.5) is 0 Å². The Kier molecular flexibility index (Phi) is 5.67. The van der Waals surface area contributed by atoms with Crippen LogP contribution in [0.25, 0.3) is 0 Å². The quantitative estimate of drug-likeness (QED) is 0.886. The molecule has 1 saturated heterocycles. The van der Waals surface area contributed by atoms with E-state index in [-0.39, 0.29) is 6.61 Å². The van der Waals surface area contributed by atoms with Crippen molar-refractivity contribution in [2.24, 2.45) is 5.92 Å². The van der Waals surface area contributed by atoms with Gasteiger partial charge >= 0.3 is 0 Å². The Morgan fingerprint density at radius 3 is 2.22 bits per heavy atom. The third-order valence-corrected chi connectivity index (χ3v) is 4.55. The summed E-state index contributed by atoms with van der Waals surface area (Å²) in [6.07, 6.45) is 2.39. The first-order valence-electron chi connectivity index (χ1n) is 8.42. The monoisotopic (exact) mass is 311 g/mol. The molecule has 1 heterocycles. The fourth-order valence-electron chi connectivity index (χ4n) is 3.05. The largest absolute Gasteiger partial charge is 0.493 e. The molecule has 0 unspecified atom stereocenters. The molecule has 3 heteroatoms. The Hall–Kier alpha value is -1.84. The van der Waals surface area contributed by atoms with Crippen LogP contribution in [0.3, 0.4) is 0 Å². The van der Waals surface area contributed by atoms with Gasteiger partial charge in [-0.25, -0.2) is 0 Å². The molecular formula is C20H25NO2. The van der Waals surface area contributed by atoms with Crippen molar-refractivity contribution in [1.29, 1.82) is 0 Å². The number of piperidine rings is 1. The lowest BCUT2D eigenvalue weighted by atomic mass is 9.97. The van der Waals surface area contributed by atoms with Crippen molar-refractivity contribution in [2.45, 2.75) is 26.0 Å². The van der Waals surface area contributed by atoms with Crippen molar-refractivity contribution in [3.8, 4) is 5.75 Å². The zero-order valence-corrected chi connectivity index (χ0v) is 13.5. The smallest absolute Gasteiger partial charge is 0.119 e. The zero-order chi connectivity index (χ0) is 15.9. The number of para-hydroxylation sites is 1. The van der Waals surface area contributed by atoms with Crippen LogP contribution in [0, 0.1) is 5.92 Å². The average molecular weight is 311 g/mol. The summed E-state index contributed by atoms with van der Waals surface area (Å²) in [5, 5.41) is 9.09. The first kappa shape index (κ1) is 16.0. The maximum absolute atomic E-state index is 9.09. The summed E-state index contributed by atoms with van der Waals surface area (Å²) in [5.74, 6) is 1.63. The van der Waals surface area contributed by atoms with Crippen LogP contribution in [0.5, 0.6) is 5.75 Å². The van der Waals surface area contributed by atoms with Gasteiger partial charge in [0.1, 0.15) is 5.75 Å². The average Bonchev–Trinajstić information content (AvgIpc) is 2.63. The second-order valence-corrected chi connectivity index (χ2v) is 6.32. The molecular weight excluding hydrogens is 286 g/mol. The summed E-state index contributed by atoms with van der Waals surface area (Å²) in [5.41, 5.74) is 2.30. The van der Waals surface area contributed by atoms with Crippen LogP contribution >= 0.6 is 0 Å². The van der Waals surface area contributed by atoms with Gasteiger partial charge in [0.2, 0.25) is 0 Å². The fraction of sp³-hybridized carbons (Fsp3) is 0.400. The van der Waals surface area contributed by atoms with Gasteiger partial charge in [-0.15, -0.1) is 0 Å². The summed E-state index contributed by atoms with van der Waals surface area (Å²) < 4.78 is 5.88. The lowest BCUT2D eigenvalue weighted by molar-refractivity contribution is 0.136. The SMILES string of the molecule is OCc1ccc(CN2CCC(COc3ccccc3)CC2)cc1. The first-order valence-corrected chi connectivity index (χ1v) is 8.42. The molecule has 3 rings (SSSR count). The molecule has 0 saturated carbocycles. The highest BCUT2D eigenvalue weighted by atomic mass is 16.5. The van der Waals surface area contributed by atoms with Gasteiger partial charge in [-0.1, -0.05) is 42.5 Å². The molecule has 3 nitrogen and oxygen atoms in total. The van der Waals surface area contributed by atoms with Crippen molar-refractivity contribution >= 4 is 0 Å². The second-order valence-electron chi connectivity index (χ2n) is 6.32. The molecule has 0 aliphatic carbocycles. The summed E-state index contributed by atoms with van der Waals surface area (Å²) in [6.45, 7) is 4.20. The zero-order valence-electron chi connectivity index (χ0n) is 13.5.